The number of nitrogens with one attached hydrogen (secondary N) is 1. The minimum atomic E-state index is -0.104. The van der Waals surface area contributed by atoms with Crippen LogP contribution in [-0.2, 0) is 0 Å². The number of halogens is 1. The van der Waals surface area contributed by atoms with Crippen LogP contribution in [0.5, 0.6) is 0 Å². The summed E-state index contributed by atoms with van der Waals surface area (Å²) in [7, 11) is 0. The monoisotopic (exact) mass is 252 g/mol. The number of hydrogen-bond acceptors (Lipinski definition) is 2. The Morgan fingerprint density at radius 2 is 2.10 bits per heavy atom. The molecule has 3 N–H and O–H groups in total. The van der Waals surface area contributed by atoms with E-state index in [4.69, 9.17) is 5.73 Å². The molecule has 0 heterocycles. The molecule has 0 aromatic carbocycles. The summed E-state index contributed by atoms with van der Waals surface area (Å²) in [6.07, 6.45) is 3.84. The van der Waals surface area contributed by atoms with Crippen molar-refractivity contribution in [2.75, 3.05) is 0 Å². The second-order valence-electron chi connectivity index (χ2n) is 1.99. The SMILES string of the molecule is C=IN/C(C)=C\C=C(\C)N. The molecule has 0 aliphatic carbocycles. The molecule has 58 valence electrons. The minimum Gasteiger partial charge on any atom is -0.402 e. The molecule has 0 aromatic rings. The van der Waals surface area contributed by atoms with Gasteiger partial charge in [0.2, 0.25) is 0 Å². The lowest BCUT2D eigenvalue weighted by molar-refractivity contribution is 1.23. The van der Waals surface area contributed by atoms with E-state index in [0.717, 1.165) is 11.4 Å². The number of nitrogens with two attached hydrogens (primary N) is 1. The average molecular weight is 252 g/mol. The Hall–Kier alpha value is -0.320. The fourth-order valence-corrected chi connectivity index (χ4v) is 1.17. The molecule has 0 bridgehead atoms. The first-order valence-corrected chi connectivity index (χ1v) is 5.51. The summed E-state index contributed by atoms with van der Waals surface area (Å²) in [6.45, 7) is 3.87. The third-order valence-electron chi connectivity index (χ3n) is 0.812. The van der Waals surface area contributed by atoms with Crippen LogP contribution in [0.15, 0.2) is 23.5 Å². The van der Waals surface area contributed by atoms with Gasteiger partial charge in [0.25, 0.3) is 0 Å². The Kier molecular flexibility index (Phi) is 5.29. The van der Waals surface area contributed by atoms with Gasteiger partial charge in [0, 0.05) is 11.4 Å². The standard InChI is InChI=1S/C7H13IN2/c1-6(9)4-5-7(2)10-8-3/h4-5,10H,3,9H2,1-2H3/b6-4-,7-5-. The normalized spacial score (nSPS) is 13.4. The van der Waals surface area contributed by atoms with Crippen LogP contribution in [0.4, 0.5) is 0 Å². The lowest BCUT2D eigenvalue weighted by Gasteiger charge is -1.94. The van der Waals surface area contributed by atoms with E-state index in [-0.39, 0.29) is 21.0 Å². The van der Waals surface area contributed by atoms with Crippen molar-refractivity contribution in [3.8, 4) is 0 Å². The molecule has 2 nitrogen and oxygen atoms in total. The van der Waals surface area contributed by atoms with Gasteiger partial charge in [-0.2, -0.15) is 0 Å². The van der Waals surface area contributed by atoms with E-state index in [9.17, 15) is 0 Å². The highest BCUT2D eigenvalue weighted by Crippen LogP contribution is 1.94. The predicted octanol–water partition coefficient (Wildman–Crippen LogP) is 1.66. The summed E-state index contributed by atoms with van der Waals surface area (Å²) in [5.41, 5.74) is 7.37. The topological polar surface area (TPSA) is 38.0 Å². The van der Waals surface area contributed by atoms with Gasteiger partial charge in [-0.25, -0.2) is 0 Å². The maximum Gasteiger partial charge on any atom is 0.0163 e. The van der Waals surface area contributed by atoms with Crippen molar-refractivity contribution >= 4 is 25.5 Å². The molecule has 0 fully saturated rings. The van der Waals surface area contributed by atoms with Crippen LogP contribution in [-0.4, -0.2) is 4.51 Å². The zero-order valence-electron chi connectivity index (χ0n) is 6.32. The minimum absolute atomic E-state index is 0.104. The zero-order valence-corrected chi connectivity index (χ0v) is 8.47. The predicted molar refractivity (Wildman–Crippen MR) is 56.0 cm³/mol. The zero-order chi connectivity index (χ0) is 7.98. The van der Waals surface area contributed by atoms with Crippen molar-refractivity contribution in [1.82, 2.24) is 3.53 Å². The van der Waals surface area contributed by atoms with Crippen LogP contribution in [0.1, 0.15) is 13.8 Å². The maximum atomic E-state index is 5.42. The molecule has 0 unspecified atom stereocenters. The van der Waals surface area contributed by atoms with E-state index >= 15 is 0 Å². The highest BCUT2D eigenvalue weighted by Gasteiger charge is 1.78. The molecule has 0 rings (SSSR count). The Labute approximate surface area is 72.3 Å². The van der Waals surface area contributed by atoms with E-state index in [2.05, 4.69) is 8.04 Å². The summed E-state index contributed by atoms with van der Waals surface area (Å²) in [6, 6.07) is 0. The van der Waals surface area contributed by atoms with Gasteiger partial charge in [-0.05, 0) is 51.5 Å². The number of hydrogen-bond donors (Lipinski definition) is 2. The molecule has 0 atom stereocenters. The Morgan fingerprint density at radius 1 is 1.50 bits per heavy atom. The molecule has 0 aliphatic rings. The van der Waals surface area contributed by atoms with Crippen LogP contribution in [0.2, 0.25) is 0 Å². The highest BCUT2D eigenvalue weighted by molar-refractivity contribution is 14.2. The van der Waals surface area contributed by atoms with Crippen molar-refractivity contribution in [3.05, 3.63) is 23.5 Å². The molecule has 0 spiro atoms. The van der Waals surface area contributed by atoms with Gasteiger partial charge in [0.05, 0.1) is 0 Å². The molecular formula is C7H13IN2. The van der Waals surface area contributed by atoms with E-state index in [1.54, 1.807) is 0 Å². The molecule has 0 aliphatic heterocycles. The van der Waals surface area contributed by atoms with E-state index < -0.39 is 0 Å². The van der Waals surface area contributed by atoms with Gasteiger partial charge in [0.1, 0.15) is 0 Å². The average Bonchev–Trinajstić information content (AvgIpc) is 1.85. The van der Waals surface area contributed by atoms with Crippen molar-refractivity contribution in [3.63, 3.8) is 0 Å². The first kappa shape index (κ1) is 9.68. The van der Waals surface area contributed by atoms with Gasteiger partial charge in [-0.15, -0.1) is 0 Å². The fourth-order valence-electron chi connectivity index (χ4n) is 0.393. The smallest absolute Gasteiger partial charge is 0.0163 e. The second kappa shape index (κ2) is 5.46. The Morgan fingerprint density at radius 3 is 2.50 bits per heavy atom. The molecule has 0 aromatic heterocycles. The lowest BCUT2D eigenvalue weighted by Crippen LogP contribution is -1.94. The van der Waals surface area contributed by atoms with Crippen molar-refractivity contribution in [2.24, 2.45) is 5.73 Å². The van der Waals surface area contributed by atoms with Crippen LogP contribution in [0, 0.1) is 0 Å². The lowest BCUT2D eigenvalue weighted by atomic mass is 10.4. The van der Waals surface area contributed by atoms with Crippen LogP contribution in [0.3, 0.4) is 0 Å². The molecule has 0 saturated carbocycles. The second-order valence-corrected chi connectivity index (χ2v) is 3.29. The van der Waals surface area contributed by atoms with Crippen molar-refractivity contribution < 1.29 is 0 Å². The Bertz CT molecular complexity index is 166. The molecular weight excluding hydrogens is 239 g/mol. The summed E-state index contributed by atoms with van der Waals surface area (Å²) in [4.78, 5) is 0. The number of allylic oxidation sites excluding steroid dienone is 4. The van der Waals surface area contributed by atoms with Crippen molar-refractivity contribution in [1.29, 1.82) is 0 Å². The molecule has 10 heavy (non-hydrogen) atoms. The first-order chi connectivity index (χ1) is 4.66. The first-order valence-electron chi connectivity index (χ1n) is 2.91. The highest BCUT2D eigenvalue weighted by atomic mass is 127. The molecule has 3 heteroatoms. The largest absolute Gasteiger partial charge is 0.402 e. The summed E-state index contributed by atoms with van der Waals surface area (Å²) >= 11 is -0.104. The van der Waals surface area contributed by atoms with Gasteiger partial charge >= 0.3 is 0 Å². The van der Waals surface area contributed by atoms with Gasteiger partial charge < -0.3 is 9.26 Å². The van der Waals surface area contributed by atoms with E-state index in [1.165, 1.54) is 0 Å². The molecule has 0 radical (unpaired) electrons. The summed E-state index contributed by atoms with van der Waals surface area (Å²) in [5, 5.41) is 0. The number of rotatable bonds is 3. The van der Waals surface area contributed by atoms with Gasteiger partial charge in [0.15, 0.2) is 0 Å². The van der Waals surface area contributed by atoms with Gasteiger partial charge in [-0.3, -0.25) is 0 Å². The van der Waals surface area contributed by atoms with E-state index in [0.29, 0.717) is 0 Å². The molecule has 0 saturated heterocycles. The van der Waals surface area contributed by atoms with Gasteiger partial charge in [-0.1, -0.05) is 0 Å². The van der Waals surface area contributed by atoms with Crippen LogP contribution < -0.4 is 9.26 Å². The Balaban J connectivity index is 3.91. The maximum absolute atomic E-state index is 5.42. The summed E-state index contributed by atoms with van der Waals surface area (Å²) in [5.74, 6) is 0. The fraction of sp³-hybridized carbons (Fsp3) is 0.286. The third-order valence-corrected chi connectivity index (χ3v) is 2.04. The molecule has 0 amide bonds. The van der Waals surface area contributed by atoms with E-state index in [1.807, 2.05) is 26.0 Å². The van der Waals surface area contributed by atoms with Crippen LogP contribution >= 0.6 is 21.0 Å². The van der Waals surface area contributed by atoms with Crippen molar-refractivity contribution in [2.45, 2.75) is 13.8 Å². The quantitative estimate of drug-likeness (QED) is 0.455. The van der Waals surface area contributed by atoms with Crippen LogP contribution in [0.25, 0.3) is 0 Å². The third kappa shape index (κ3) is 5.81. The summed E-state index contributed by atoms with van der Waals surface area (Å²) < 4.78 is 6.92.